The molecule has 0 spiro atoms. The van der Waals surface area contributed by atoms with E-state index in [9.17, 15) is 4.79 Å². The van der Waals surface area contributed by atoms with Gasteiger partial charge in [-0.05, 0) is 44.2 Å². The van der Waals surface area contributed by atoms with Crippen LogP contribution >= 0.6 is 11.3 Å². The zero-order valence-corrected chi connectivity index (χ0v) is 15.2. The van der Waals surface area contributed by atoms with Gasteiger partial charge in [-0.15, -0.1) is 11.3 Å². The van der Waals surface area contributed by atoms with Crippen molar-refractivity contribution in [3.63, 3.8) is 0 Å². The molecule has 4 nitrogen and oxygen atoms in total. The number of carbonyl (C=O) groups is 1. The number of nitrogens with zero attached hydrogens (tertiary/aromatic N) is 1. The van der Waals surface area contributed by atoms with Gasteiger partial charge in [0.1, 0.15) is 17.4 Å². The van der Waals surface area contributed by atoms with Crippen molar-refractivity contribution in [1.82, 2.24) is 10.3 Å². The summed E-state index contributed by atoms with van der Waals surface area (Å²) >= 11 is 1.53. The number of thiazole rings is 1. The fourth-order valence-electron chi connectivity index (χ4n) is 2.88. The molecule has 0 aliphatic heterocycles. The van der Waals surface area contributed by atoms with E-state index >= 15 is 0 Å². The molecule has 0 saturated carbocycles. The fourth-order valence-corrected chi connectivity index (χ4v) is 3.58. The number of rotatable bonds is 8. The second kappa shape index (κ2) is 9.37. The second-order valence-corrected chi connectivity index (χ2v) is 7.16. The Hall–Kier alpha value is -2.14. The monoisotopic (exact) mass is 356 g/mol. The van der Waals surface area contributed by atoms with Crippen molar-refractivity contribution in [2.75, 3.05) is 6.54 Å². The molecule has 132 valence electrons. The second-order valence-electron chi connectivity index (χ2n) is 6.22. The molecule has 0 unspecified atom stereocenters. The highest BCUT2D eigenvalue weighted by Crippen LogP contribution is 2.19. The van der Waals surface area contributed by atoms with Gasteiger partial charge in [0.05, 0.1) is 12.1 Å². The highest BCUT2D eigenvalue weighted by Gasteiger charge is 2.09. The summed E-state index contributed by atoms with van der Waals surface area (Å²) in [4.78, 5) is 16.5. The molecule has 0 bridgehead atoms. The van der Waals surface area contributed by atoms with Crippen molar-refractivity contribution < 1.29 is 9.53 Å². The molecular weight excluding hydrogens is 332 g/mol. The highest BCUT2D eigenvalue weighted by molar-refractivity contribution is 7.09. The van der Waals surface area contributed by atoms with Crippen molar-refractivity contribution in [3.8, 4) is 5.75 Å². The molecular formula is C20H24N2O2S. The summed E-state index contributed by atoms with van der Waals surface area (Å²) in [5, 5.41) is 5.82. The number of para-hydroxylation sites is 1. The van der Waals surface area contributed by atoms with Crippen LogP contribution in [0.4, 0.5) is 0 Å². The number of hydrogen-bond donors (Lipinski definition) is 1. The molecule has 0 radical (unpaired) electrons. The molecule has 1 aromatic carbocycles. The summed E-state index contributed by atoms with van der Waals surface area (Å²) in [6.07, 6.45) is 8.60. The summed E-state index contributed by atoms with van der Waals surface area (Å²) in [5.41, 5.74) is 2.30. The van der Waals surface area contributed by atoms with Crippen LogP contribution in [0.25, 0.3) is 0 Å². The van der Waals surface area contributed by atoms with Gasteiger partial charge in [0.25, 0.3) is 0 Å². The van der Waals surface area contributed by atoms with Gasteiger partial charge in [-0.25, -0.2) is 4.98 Å². The van der Waals surface area contributed by atoms with Crippen molar-refractivity contribution in [3.05, 3.63) is 58.1 Å². The molecule has 0 atom stereocenters. The lowest BCUT2D eigenvalue weighted by atomic mass is 9.97. The maximum Gasteiger partial charge on any atom is 0.226 e. The number of nitrogens with one attached hydrogen (secondary N) is 1. The van der Waals surface area contributed by atoms with Crippen LogP contribution < -0.4 is 10.1 Å². The normalized spacial score (nSPS) is 14.0. The van der Waals surface area contributed by atoms with E-state index in [0.29, 0.717) is 13.0 Å². The average Bonchev–Trinajstić information content (AvgIpc) is 3.09. The molecule has 5 heteroatoms. The lowest BCUT2D eigenvalue weighted by molar-refractivity contribution is -0.120. The maximum absolute atomic E-state index is 12.0. The Morgan fingerprint density at radius 2 is 2.12 bits per heavy atom. The Labute approximate surface area is 152 Å². The number of amides is 1. The number of carbonyl (C=O) groups excluding carboxylic acids is 1. The van der Waals surface area contributed by atoms with Crippen molar-refractivity contribution in [2.45, 2.75) is 45.1 Å². The topological polar surface area (TPSA) is 51.2 Å². The minimum absolute atomic E-state index is 0.0391. The van der Waals surface area contributed by atoms with Gasteiger partial charge >= 0.3 is 0 Å². The lowest BCUT2D eigenvalue weighted by Gasteiger charge is -2.12. The zero-order valence-electron chi connectivity index (χ0n) is 14.4. The molecule has 1 N–H and O–H groups in total. The quantitative estimate of drug-likeness (QED) is 0.719. The molecule has 0 fully saturated rings. The Kier molecular flexibility index (Phi) is 6.63. The zero-order chi connectivity index (χ0) is 17.3. The number of hydrogen-bond acceptors (Lipinski definition) is 4. The van der Waals surface area contributed by atoms with Crippen LogP contribution in [-0.2, 0) is 17.8 Å². The van der Waals surface area contributed by atoms with Gasteiger partial charge in [0, 0.05) is 11.9 Å². The van der Waals surface area contributed by atoms with Crippen molar-refractivity contribution in [2.24, 2.45) is 0 Å². The first-order valence-electron chi connectivity index (χ1n) is 8.85. The molecule has 1 aliphatic rings. The molecule has 1 heterocycles. The third-order valence-electron chi connectivity index (χ3n) is 4.20. The van der Waals surface area contributed by atoms with Crippen LogP contribution in [0.2, 0.25) is 0 Å². The van der Waals surface area contributed by atoms with Crippen LogP contribution in [0.1, 0.15) is 42.8 Å². The minimum atomic E-state index is 0.0391. The first kappa shape index (κ1) is 17.7. The molecule has 3 rings (SSSR count). The van der Waals surface area contributed by atoms with Gasteiger partial charge in [-0.3, -0.25) is 4.79 Å². The first-order valence-corrected chi connectivity index (χ1v) is 9.73. The number of benzene rings is 1. The van der Waals surface area contributed by atoms with E-state index < -0.39 is 0 Å². The summed E-state index contributed by atoms with van der Waals surface area (Å²) < 4.78 is 5.68. The van der Waals surface area contributed by atoms with Crippen LogP contribution in [0, 0.1) is 0 Å². The maximum atomic E-state index is 12.0. The van der Waals surface area contributed by atoms with Gasteiger partial charge in [-0.2, -0.15) is 0 Å². The highest BCUT2D eigenvalue weighted by atomic mass is 32.1. The van der Waals surface area contributed by atoms with Crippen molar-refractivity contribution in [1.29, 1.82) is 0 Å². The molecule has 1 aliphatic carbocycles. The van der Waals surface area contributed by atoms with Gasteiger partial charge < -0.3 is 10.1 Å². The summed E-state index contributed by atoms with van der Waals surface area (Å²) in [6.45, 7) is 1.16. The van der Waals surface area contributed by atoms with E-state index in [0.717, 1.165) is 29.4 Å². The van der Waals surface area contributed by atoms with E-state index in [1.54, 1.807) is 0 Å². The Morgan fingerprint density at radius 3 is 2.92 bits per heavy atom. The molecule has 0 saturated heterocycles. The molecule has 25 heavy (non-hydrogen) atoms. The SMILES string of the molecule is O=C(Cc1csc(COc2ccccc2)n1)NCCC1=CCCCC1. The molecule has 2 aromatic rings. The predicted octanol–water partition coefficient (Wildman–Crippen LogP) is 4.27. The predicted molar refractivity (Wildman–Crippen MR) is 101 cm³/mol. The molecule has 1 amide bonds. The number of aromatic nitrogens is 1. The summed E-state index contributed by atoms with van der Waals surface area (Å²) in [6, 6.07) is 9.68. The average molecular weight is 356 g/mol. The van der Waals surface area contributed by atoms with Crippen LogP contribution in [0.3, 0.4) is 0 Å². The lowest BCUT2D eigenvalue weighted by Crippen LogP contribution is -2.26. The third kappa shape index (κ3) is 6.02. The fraction of sp³-hybridized carbons (Fsp3) is 0.400. The van der Waals surface area contributed by atoms with Crippen LogP contribution in [0.5, 0.6) is 5.75 Å². The third-order valence-corrected chi connectivity index (χ3v) is 5.07. The standard InChI is InChI=1S/C20H24N2O2S/c23-19(21-12-11-16-7-3-1-4-8-16)13-17-15-25-20(22-17)14-24-18-9-5-2-6-10-18/h2,5-7,9-10,15H,1,3-4,8,11-14H2,(H,21,23). The van der Waals surface area contributed by atoms with E-state index in [1.165, 1.54) is 42.6 Å². The van der Waals surface area contributed by atoms with Gasteiger partial charge in [0.2, 0.25) is 5.91 Å². The smallest absolute Gasteiger partial charge is 0.226 e. The van der Waals surface area contributed by atoms with E-state index in [1.807, 2.05) is 35.7 Å². The largest absolute Gasteiger partial charge is 0.486 e. The van der Waals surface area contributed by atoms with Crippen molar-refractivity contribution >= 4 is 17.2 Å². The first-order chi connectivity index (χ1) is 12.3. The van der Waals surface area contributed by atoms with Gasteiger partial charge in [-0.1, -0.05) is 29.8 Å². The van der Waals surface area contributed by atoms with Crippen LogP contribution in [-0.4, -0.2) is 17.4 Å². The molecule has 1 aromatic heterocycles. The minimum Gasteiger partial charge on any atom is -0.486 e. The number of ether oxygens (including phenoxy) is 1. The van der Waals surface area contributed by atoms with E-state index in [4.69, 9.17) is 4.74 Å². The Balaban J connectivity index is 1.38. The van der Waals surface area contributed by atoms with E-state index in [2.05, 4.69) is 16.4 Å². The summed E-state index contributed by atoms with van der Waals surface area (Å²) in [5.74, 6) is 0.867. The summed E-state index contributed by atoms with van der Waals surface area (Å²) in [7, 11) is 0. The Morgan fingerprint density at radius 1 is 1.24 bits per heavy atom. The van der Waals surface area contributed by atoms with Gasteiger partial charge in [0.15, 0.2) is 0 Å². The van der Waals surface area contributed by atoms with Crippen LogP contribution in [0.15, 0.2) is 47.4 Å². The Bertz CT molecular complexity index is 709. The van der Waals surface area contributed by atoms with E-state index in [-0.39, 0.29) is 5.91 Å². The number of allylic oxidation sites excluding steroid dienone is 1.